The molecule has 0 aliphatic rings. The molecule has 1 aromatic heterocycles. The van der Waals surface area contributed by atoms with Gasteiger partial charge in [-0.1, -0.05) is 0 Å². The third-order valence-electron chi connectivity index (χ3n) is 3.65. The van der Waals surface area contributed by atoms with E-state index in [2.05, 4.69) is 31.6 Å². The van der Waals surface area contributed by atoms with Crippen molar-refractivity contribution >= 4 is 26.0 Å². The standard InChI is InChI=1S/C22H12N2Se/c1-3-7-17(8-4-1)11-13-19-15-16-20(22-21(19)23-25-24-22)14-12-18-9-5-2-6-10-18/h1-10,15-16H. The van der Waals surface area contributed by atoms with Crippen LogP contribution in [-0.2, 0) is 0 Å². The molecular weight excluding hydrogens is 371 g/mol. The number of nitrogens with zero attached hydrogens (tertiary/aromatic N) is 2. The monoisotopic (exact) mass is 384 g/mol. The molecule has 0 saturated carbocycles. The normalized spacial score (nSPS) is 9.76. The molecule has 0 amide bonds. The van der Waals surface area contributed by atoms with Crippen molar-refractivity contribution in [2.45, 2.75) is 0 Å². The first-order valence-electron chi connectivity index (χ1n) is 7.79. The van der Waals surface area contributed by atoms with E-state index in [1.54, 1.807) is 0 Å². The van der Waals surface area contributed by atoms with Crippen LogP contribution in [0.2, 0.25) is 0 Å². The van der Waals surface area contributed by atoms with E-state index in [9.17, 15) is 0 Å². The topological polar surface area (TPSA) is 25.8 Å². The molecule has 0 bridgehead atoms. The number of aromatic nitrogens is 2. The summed E-state index contributed by atoms with van der Waals surface area (Å²) in [4.78, 5) is 0. The third-order valence-corrected chi connectivity index (χ3v) is 4.75. The zero-order chi connectivity index (χ0) is 16.9. The van der Waals surface area contributed by atoms with Crippen molar-refractivity contribution in [2.24, 2.45) is 0 Å². The number of fused-ring (bicyclic) bond motifs is 1. The van der Waals surface area contributed by atoms with Gasteiger partial charge < -0.3 is 0 Å². The zero-order valence-electron chi connectivity index (χ0n) is 13.2. The van der Waals surface area contributed by atoms with E-state index in [0.29, 0.717) is 0 Å². The van der Waals surface area contributed by atoms with E-state index in [0.717, 1.165) is 33.3 Å². The van der Waals surface area contributed by atoms with E-state index in [-0.39, 0.29) is 15.0 Å². The van der Waals surface area contributed by atoms with Crippen molar-refractivity contribution in [3.63, 3.8) is 0 Å². The Labute approximate surface area is 152 Å². The van der Waals surface area contributed by atoms with E-state index >= 15 is 0 Å². The second-order valence-electron chi connectivity index (χ2n) is 5.35. The molecule has 3 heteroatoms. The number of hydrogen-bond donors (Lipinski definition) is 0. The van der Waals surface area contributed by atoms with E-state index < -0.39 is 0 Å². The first-order chi connectivity index (χ1) is 12.4. The molecule has 0 radical (unpaired) electrons. The van der Waals surface area contributed by atoms with Crippen molar-refractivity contribution < 1.29 is 0 Å². The van der Waals surface area contributed by atoms with Crippen LogP contribution in [0.25, 0.3) is 11.0 Å². The van der Waals surface area contributed by atoms with Gasteiger partial charge in [0, 0.05) is 0 Å². The Hall–Kier alpha value is -3.10. The summed E-state index contributed by atoms with van der Waals surface area (Å²) < 4.78 is 9.11. The summed E-state index contributed by atoms with van der Waals surface area (Å²) in [6.07, 6.45) is 0. The average molecular weight is 383 g/mol. The van der Waals surface area contributed by atoms with E-state index in [1.807, 2.05) is 72.8 Å². The Kier molecular flexibility index (Phi) is 4.44. The molecule has 25 heavy (non-hydrogen) atoms. The summed E-state index contributed by atoms with van der Waals surface area (Å²) in [5.74, 6) is 12.8. The van der Waals surface area contributed by atoms with Crippen LogP contribution in [0.15, 0.2) is 72.8 Å². The van der Waals surface area contributed by atoms with Crippen LogP contribution in [0.5, 0.6) is 0 Å². The summed E-state index contributed by atoms with van der Waals surface area (Å²) in [6.45, 7) is 0. The fraction of sp³-hybridized carbons (Fsp3) is 0. The molecule has 4 rings (SSSR count). The van der Waals surface area contributed by atoms with Gasteiger partial charge in [0.2, 0.25) is 0 Å². The fourth-order valence-electron chi connectivity index (χ4n) is 2.39. The van der Waals surface area contributed by atoms with Gasteiger partial charge in [-0.15, -0.1) is 0 Å². The third kappa shape index (κ3) is 3.54. The molecule has 4 aromatic rings. The van der Waals surface area contributed by atoms with Crippen molar-refractivity contribution in [3.05, 3.63) is 95.1 Å². The van der Waals surface area contributed by atoms with Crippen molar-refractivity contribution in [1.82, 2.24) is 7.96 Å². The zero-order valence-corrected chi connectivity index (χ0v) is 14.9. The number of benzene rings is 3. The van der Waals surface area contributed by atoms with Crippen LogP contribution in [0.1, 0.15) is 22.3 Å². The van der Waals surface area contributed by atoms with E-state index in [1.165, 1.54) is 0 Å². The predicted octanol–water partition coefficient (Wildman–Crippen LogP) is 3.49. The second kappa shape index (κ2) is 7.20. The molecule has 0 N–H and O–H groups in total. The quantitative estimate of drug-likeness (QED) is 0.343. The minimum absolute atomic E-state index is 0.115. The van der Waals surface area contributed by atoms with Crippen LogP contribution in [0.4, 0.5) is 0 Å². The Balaban J connectivity index is 1.73. The van der Waals surface area contributed by atoms with Gasteiger partial charge in [0.25, 0.3) is 0 Å². The molecule has 0 unspecified atom stereocenters. The van der Waals surface area contributed by atoms with Crippen molar-refractivity contribution in [3.8, 4) is 23.7 Å². The van der Waals surface area contributed by atoms with Gasteiger partial charge in [0.1, 0.15) is 0 Å². The van der Waals surface area contributed by atoms with Gasteiger partial charge in [-0.2, -0.15) is 0 Å². The Morgan fingerprint density at radius 1 is 0.520 bits per heavy atom. The van der Waals surface area contributed by atoms with Gasteiger partial charge in [-0.25, -0.2) is 0 Å². The predicted molar refractivity (Wildman–Crippen MR) is 101 cm³/mol. The molecule has 1 heterocycles. The summed E-state index contributed by atoms with van der Waals surface area (Å²) >= 11 is -0.115. The summed E-state index contributed by atoms with van der Waals surface area (Å²) in [5, 5.41) is 0. The SMILES string of the molecule is C(#Cc1ccc(C#Cc2ccccc2)c2n[se]nc12)c1ccccc1. The second-order valence-corrected chi connectivity index (χ2v) is 6.46. The Morgan fingerprint density at radius 3 is 1.40 bits per heavy atom. The maximum absolute atomic E-state index is 4.55. The molecule has 0 spiro atoms. The molecule has 0 aliphatic heterocycles. The molecule has 0 atom stereocenters. The molecule has 0 saturated heterocycles. The Bertz CT molecular complexity index is 1050. The van der Waals surface area contributed by atoms with Gasteiger partial charge >= 0.3 is 153 Å². The van der Waals surface area contributed by atoms with Gasteiger partial charge in [0.15, 0.2) is 0 Å². The van der Waals surface area contributed by atoms with Crippen LogP contribution < -0.4 is 0 Å². The first kappa shape index (κ1) is 15.4. The van der Waals surface area contributed by atoms with Gasteiger partial charge in [-0.3, -0.25) is 0 Å². The Morgan fingerprint density at radius 2 is 0.960 bits per heavy atom. The molecule has 0 fully saturated rings. The fourth-order valence-corrected chi connectivity index (χ4v) is 3.59. The average Bonchev–Trinajstić information content (AvgIpc) is 3.17. The molecular formula is C22H12N2Se. The number of rotatable bonds is 0. The van der Waals surface area contributed by atoms with Gasteiger partial charge in [0.05, 0.1) is 0 Å². The maximum atomic E-state index is 4.55. The van der Waals surface area contributed by atoms with E-state index in [4.69, 9.17) is 0 Å². The summed E-state index contributed by atoms with van der Waals surface area (Å²) in [6, 6.07) is 23.9. The first-order valence-corrected chi connectivity index (χ1v) is 9.33. The van der Waals surface area contributed by atoms with Gasteiger partial charge in [-0.05, 0) is 0 Å². The summed E-state index contributed by atoms with van der Waals surface area (Å²) in [5.41, 5.74) is 5.56. The number of hydrogen-bond acceptors (Lipinski definition) is 2. The van der Waals surface area contributed by atoms with Crippen molar-refractivity contribution in [2.75, 3.05) is 0 Å². The van der Waals surface area contributed by atoms with Crippen molar-refractivity contribution in [1.29, 1.82) is 0 Å². The van der Waals surface area contributed by atoms with Crippen LogP contribution in [-0.4, -0.2) is 22.9 Å². The van der Waals surface area contributed by atoms with Crippen LogP contribution in [0.3, 0.4) is 0 Å². The summed E-state index contributed by atoms with van der Waals surface area (Å²) in [7, 11) is 0. The minimum atomic E-state index is -0.115. The molecule has 2 nitrogen and oxygen atoms in total. The van der Waals surface area contributed by atoms with Crippen LogP contribution in [0, 0.1) is 23.7 Å². The molecule has 0 aliphatic carbocycles. The molecule has 116 valence electrons. The molecule has 3 aromatic carbocycles. The van der Waals surface area contributed by atoms with Crippen LogP contribution >= 0.6 is 0 Å².